The van der Waals surface area contributed by atoms with Crippen LogP contribution < -0.4 is 4.90 Å². The summed E-state index contributed by atoms with van der Waals surface area (Å²) in [5, 5.41) is 1.02. The summed E-state index contributed by atoms with van der Waals surface area (Å²) in [6, 6.07) is 30.8. The summed E-state index contributed by atoms with van der Waals surface area (Å²) in [6.45, 7) is 0.639. The zero-order valence-electron chi connectivity index (χ0n) is 16.7. The molecule has 0 amide bonds. The van der Waals surface area contributed by atoms with Crippen LogP contribution in [0.1, 0.15) is 5.76 Å². The fourth-order valence-corrected chi connectivity index (χ4v) is 3.63. The molecule has 5 rings (SSSR count). The van der Waals surface area contributed by atoms with Crippen molar-refractivity contribution in [1.29, 1.82) is 0 Å². The van der Waals surface area contributed by atoms with Crippen LogP contribution in [0.5, 0.6) is 0 Å². The third-order valence-electron chi connectivity index (χ3n) is 5.17. The van der Waals surface area contributed by atoms with Crippen molar-refractivity contribution in [3.8, 4) is 22.5 Å². The summed E-state index contributed by atoms with van der Waals surface area (Å²) in [4.78, 5) is 11.9. The maximum atomic E-state index is 5.52. The third kappa shape index (κ3) is 3.55. The lowest BCUT2D eigenvalue weighted by Crippen LogP contribution is -2.18. The number of hydrogen-bond acceptors (Lipinski definition) is 4. The minimum atomic E-state index is 0.639. The van der Waals surface area contributed by atoms with Gasteiger partial charge < -0.3 is 9.32 Å². The van der Waals surface area contributed by atoms with Gasteiger partial charge in [-0.3, -0.25) is 0 Å². The van der Waals surface area contributed by atoms with Crippen LogP contribution in [-0.2, 0) is 6.54 Å². The standard InChI is InChI=1S/C26H21N3O/c1-29(18-22-10-7-17-30-22)26-23-11-5-6-12-24(23)27-25(28-26)21-15-13-20(14-16-21)19-8-3-2-4-9-19/h2-17H,18H2,1H3. The highest BCUT2D eigenvalue weighted by molar-refractivity contribution is 5.91. The Morgan fingerprint density at radius 1 is 0.700 bits per heavy atom. The molecule has 0 aliphatic carbocycles. The number of anilines is 1. The summed E-state index contributed by atoms with van der Waals surface area (Å²) in [7, 11) is 2.03. The van der Waals surface area contributed by atoms with E-state index in [4.69, 9.17) is 14.4 Å². The molecular weight excluding hydrogens is 370 g/mol. The van der Waals surface area contributed by atoms with Gasteiger partial charge in [0.25, 0.3) is 0 Å². The molecule has 0 bridgehead atoms. The van der Waals surface area contributed by atoms with Crippen LogP contribution in [0.4, 0.5) is 5.82 Å². The fourth-order valence-electron chi connectivity index (χ4n) is 3.63. The molecule has 0 atom stereocenters. The Labute approximate surface area is 175 Å². The molecule has 2 aromatic heterocycles. The molecule has 0 saturated carbocycles. The van der Waals surface area contributed by atoms with E-state index in [0.29, 0.717) is 6.54 Å². The molecule has 0 aliphatic rings. The van der Waals surface area contributed by atoms with E-state index in [1.807, 2.05) is 43.4 Å². The van der Waals surface area contributed by atoms with E-state index in [1.54, 1.807) is 6.26 Å². The number of nitrogens with zero attached hydrogens (tertiary/aromatic N) is 3. The molecule has 0 N–H and O–H groups in total. The van der Waals surface area contributed by atoms with E-state index in [1.165, 1.54) is 11.1 Å². The zero-order valence-corrected chi connectivity index (χ0v) is 16.7. The first-order valence-corrected chi connectivity index (χ1v) is 9.94. The minimum absolute atomic E-state index is 0.639. The molecule has 0 fully saturated rings. The Morgan fingerprint density at radius 3 is 2.17 bits per heavy atom. The molecule has 0 spiro atoms. The van der Waals surface area contributed by atoms with Crippen molar-refractivity contribution in [3.63, 3.8) is 0 Å². The second-order valence-corrected chi connectivity index (χ2v) is 7.27. The maximum Gasteiger partial charge on any atom is 0.162 e. The third-order valence-corrected chi connectivity index (χ3v) is 5.17. The summed E-state index contributed by atoms with van der Waals surface area (Å²) in [5.41, 5.74) is 4.29. The van der Waals surface area contributed by atoms with Gasteiger partial charge in [-0.1, -0.05) is 66.7 Å². The Balaban J connectivity index is 1.55. The van der Waals surface area contributed by atoms with E-state index >= 15 is 0 Å². The summed E-state index contributed by atoms with van der Waals surface area (Å²) < 4.78 is 5.52. The van der Waals surface area contributed by atoms with Crippen molar-refractivity contribution < 1.29 is 4.42 Å². The van der Waals surface area contributed by atoms with Gasteiger partial charge in [-0.2, -0.15) is 0 Å². The first-order chi connectivity index (χ1) is 14.8. The molecule has 2 heterocycles. The van der Waals surface area contributed by atoms with Crippen LogP contribution in [0.25, 0.3) is 33.4 Å². The van der Waals surface area contributed by atoms with E-state index in [9.17, 15) is 0 Å². The monoisotopic (exact) mass is 391 g/mol. The highest BCUT2D eigenvalue weighted by Gasteiger charge is 2.14. The number of para-hydroxylation sites is 1. The van der Waals surface area contributed by atoms with Crippen LogP contribution in [-0.4, -0.2) is 17.0 Å². The molecule has 0 unspecified atom stereocenters. The molecule has 3 aromatic carbocycles. The lowest BCUT2D eigenvalue weighted by molar-refractivity contribution is 0.507. The van der Waals surface area contributed by atoms with Gasteiger partial charge in [0.15, 0.2) is 5.82 Å². The topological polar surface area (TPSA) is 42.2 Å². The van der Waals surface area contributed by atoms with Crippen LogP contribution in [0.2, 0.25) is 0 Å². The Kier molecular flexibility index (Phi) is 4.74. The van der Waals surface area contributed by atoms with Crippen LogP contribution in [0, 0.1) is 0 Å². The highest BCUT2D eigenvalue weighted by atomic mass is 16.3. The van der Waals surface area contributed by atoms with Crippen LogP contribution in [0.3, 0.4) is 0 Å². The van der Waals surface area contributed by atoms with Gasteiger partial charge in [-0.25, -0.2) is 9.97 Å². The van der Waals surface area contributed by atoms with Crippen molar-refractivity contribution in [2.24, 2.45) is 0 Å². The SMILES string of the molecule is CN(Cc1ccco1)c1nc(-c2ccc(-c3ccccc3)cc2)nc2ccccc12. The van der Waals surface area contributed by atoms with Crippen molar-refractivity contribution in [2.75, 3.05) is 11.9 Å². The Morgan fingerprint density at radius 2 is 1.40 bits per heavy atom. The van der Waals surface area contributed by atoms with E-state index in [2.05, 4.69) is 59.5 Å². The Bertz CT molecular complexity index is 1260. The number of rotatable bonds is 5. The molecule has 4 nitrogen and oxygen atoms in total. The van der Waals surface area contributed by atoms with Crippen molar-refractivity contribution in [3.05, 3.63) is 103 Å². The second kappa shape index (κ2) is 7.84. The average Bonchev–Trinajstić information content (AvgIpc) is 3.32. The van der Waals surface area contributed by atoms with Gasteiger partial charge in [-0.05, 0) is 35.4 Å². The number of fused-ring (bicyclic) bond motifs is 1. The van der Waals surface area contributed by atoms with Crippen LogP contribution >= 0.6 is 0 Å². The maximum absolute atomic E-state index is 5.52. The van der Waals surface area contributed by atoms with Gasteiger partial charge in [0.1, 0.15) is 11.6 Å². The largest absolute Gasteiger partial charge is 0.467 e. The minimum Gasteiger partial charge on any atom is -0.467 e. The summed E-state index contributed by atoms with van der Waals surface area (Å²) in [6.07, 6.45) is 1.70. The number of aromatic nitrogens is 2. The first kappa shape index (κ1) is 18.1. The lowest BCUT2D eigenvalue weighted by atomic mass is 10.0. The molecule has 0 radical (unpaired) electrons. The van der Waals surface area contributed by atoms with Crippen molar-refractivity contribution >= 4 is 16.7 Å². The van der Waals surface area contributed by atoms with Crippen molar-refractivity contribution in [2.45, 2.75) is 6.54 Å². The average molecular weight is 391 g/mol. The van der Waals surface area contributed by atoms with Gasteiger partial charge in [-0.15, -0.1) is 0 Å². The number of furan rings is 1. The van der Waals surface area contributed by atoms with Gasteiger partial charge in [0, 0.05) is 18.0 Å². The molecule has 0 saturated heterocycles. The van der Waals surface area contributed by atoms with Gasteiger partial charge in [0.05, 0.1) is 18.3 Å². The second-order valence-electron chi connectivity index (χ2n) is 7.27. The Hall–Kier alpha value is -3.92. The lowest BCUT2D eigenvalue weighted by Gasteiger charge is -2.19. The van der Waals surface area contributed by atoms with Gasteiger partial charge in [0.2, 0.25) is 0 Å². The fraction of sp³-hybridized carbons (Fsp3) is 0.0769. The number of benzene rings is 3. The molecule has 146 valence electrons. The van der Waals surface area contributed by atoms with E-state index < -0.39 is 0 Å². The normalized spacial score (nSPS) is 11.0. The van der Waals surface area contributed by atoms with E-state index in [0.717, 1.165) is 33.9 Å². The molecule has 30 heavy (non-hydrogen) atoms. The zero-order chi connectivity index (χ0) is 20.3. The number of hydrogen-bond donors (Lipinski definition) is 0. The predicted molar refractivity (Wildman–Crippen MR) is 121 cm³/mol. The predicted octanol–water partition coefficient (Wildman–Crippen LogP) is 6.19. The smallest absolute Gasteiger partial charge is 0.162 e. The van der Waals surface area contributed by atoms with Crippen molar-refractivity contribution in [1.82, 2.24) is 9.97 Å². The van der Waals surface area contributed by atoms with Crippen LogP contribution in [0.15, 0.2) is 102 Å². The molecule has 0 aliphatic heterocycles. The first-order valence-electron chi connectivity index (χ1n) is 9.94. The summed E-state index contributed by atoms with van der Waals surface area (Å²) >= 11 is 0. The quantitative estimate of drug-likeness (QED) is 0.358. The van der Waals surface area contributed by atoms with E-state index in [-0.39, 0.29) is 0 Å². The summed E-state index contributed by atoms with van der Waals surface area (Å²) in [5.74, 6) is 2.50. The molecule has 5 aromatic rings. The van der Waals surface area contributed by atoms with Gasteiger partial charge >= 0.3 is 0 Å². The molecule has 4 heteroatoms. The molecular formula is C26H21N3O. The highest BCUT2D eigenvalue weighted by Crippen LogP contribution is 2.29.